The largest absolute Gasteiger partial charge is 0.507 e. The number of aryl methyl sites for hydroxylation is 2. The first-order valence-corrected chi connectivity index (χ1v) is 9.89. The second kappa shape index (κ2) is 8.22. The maximum atomic E-state index is 13.2. The molecule has 0 aliphatic carbocycles. The molecular weight excluding hydrogens is 412 g/mol. The molecule has 0 saturated carbocycles. The van der Waals surface area contributed by atoms with Crippen LogP contribution in [-0.4, -0.2) is 36.2 Å². The van der Waals surface area contributed by atoms with Crippen molar-refractivity contribution in [1.82, 2.24) is 5.16 Å². The van der Waals surface area contributed by atoms with Crippen LogP contribution in [0.2, 0.25) is 0 Å². The third-order valence-electron chi connectivity index (χ3n) is 5.41. The molecule has 1 saturated heterocycles. The number of Topliss-reactive ketones (excluding diaryl/α,β-unsaturated/α-hetero) is 1. The summed E-state index contributed by atoms with van der Waals surface area (Å²) >= 11 is 0. The lowest BCUT2D eigenvalue weighted by Gasteiger charge is -2.24. The number of methoxy groups -OCH3 is 2. The van der Waals surface area contributed by atoms with Crippen LogP contribution in [0.25, 0.3) is 5.76 Å². The Morgan fingerprint density at radius 3 is 2.38 bits per heavy atom. The van der Waals surface area contributed by atoms with Crippen molar-refractivity contribution >= 4 is 23.3 Å². The molecule has 1 fully saturated rings. The molecule has 32 heavy (non-hydrogen) atoms. The van der Waals surface area contributed by atoms with Crippen molar-refractivity contribution in [3.05, 3.63) is 76.6 Å². The van der Waals surface area contributed by atoms with Crippen molar-refractivity contribution in [3.8, 4) is 11.5 Å². The Morgan fingerprint density at radius 1 is 1.03 bits per heavy atom. The van der Waals surface area contributed by atoms with Gasteiger partial charge in [0.25, 0.3) is 5.78 Å². The average molecular weight is 434 g/mol. The Balaban J connectivity index is 1.97. The zero-order valence-electron chi connectivity index (χ0n) is 18.1. The number of ketones is 1. The first kappa shape index (κ1) is 21.2. The second-order valence-corrected chi connectivity index (χ2v) is 7.39. The Hall–Kier alpha value is -4.07. The molecule has 0 spiro atoms. The number of amides is 1. The van der Waals surface area contributed by atoms with Crippen LogP contribution in [0, 0.1) is 13.8 Å². The molecule has 1 aromatic heterocycles. The number of para-hydroxylation sites is 1. The Morgan fingerprint density at radius 2 is 1.75 bits per heavy atom. The summed E-state index contributed by atoms with van der Waals surface area (Å²) in [6, 6.07) is 12.6. The highest BCUT2D eigenvalue weighted by Gasteiger charge is 2.49. The highest BCUT2D eigenvalue weighted by molar-refractivity contribution is 6.51. The lowest BCUT2D eigenvalue weighted by atomic mass is 9.94. The molecular formula is C24H22N2O6. The standard InChI is InChI=1S/C24H22N2O6/c1-13-11-15(9-10-17(13)30-3)22(27)20-21(16-7-5-6-8-18(16)31-4)26(24(29)23(20)28)19-12-14(2)32-25-19/h5-12,21,27H,1-4H3/b22-20-. The van der Waals surface area contributed by atoms with Crippen molar-refractivity contribution in [3.63, 3.8) is 0 Å². The summed E-state index contributed by atoms with van der Waals surface area (Å²) in [5.74, 6) is -0.194. The van der Waals surface area contributed by atoms with E-state index in [2.05, 4.69) is 5.16 Å². The van der Waals surface area contributed by atoms with Gasteiger partial charge in [-0.15, -0.1) is 0 Å². The Bertz CT molecular complexity index is 1240. The van der Waals surface area contributed by atoms with Gasteiger partial charge >= 0.3 is 5.91 Å². The van der Waals surface area contributed by atoms with Gasteiger partial charge in [0, 0.05) is 17.2 Å². The van der Waals surface area contributed by atoms with Gasteiger partial charge in [-0.3, -0.25) is 14.5 Å². The minimum absolute atomic E-state index is 0.0651. The molecule has 2 aromatic carbocycles. The minimum Gasteiger partial charge on any atom is -0.507 e. The minimum atomic E-state index is -0.960. The second-order valence-electron chi connectivity index (χ2n) is 7.39. The quantitative estimate of drug-likeness (QED) is 0.369. The van der Waals surface area contributed by atoms with Crippen LogP contribution in [0.5, 0.6) is 11.5 Å². The molecule has 2 heterocycles. The smallest absolute Gasteiger partial charge is 0.301 e. The molecule has 1 atom stereocenters. The zero-order chi connectivity index (χ0) is 23.0. The lowest BCUT2D eigenvalue weighted by Crippen LogP contribution is -2.29. The molecule has 164 valence electrons. The number of hydrogen-bond donors (Lipinski definition) is 1. The predicted molar refractivity (Wildman–Crippen MR) is 117 cm³/mol. The molecule has 1 unspecified atom stereocenters. The van der Waals surface area contributed by atoms with Gasteiger partial charge in [-0.25, -0.2) is 0 Å². The number of hydrogen-bond acceptors (Lipinski definition) is 7. The van der Waals surface area contributed by atoms with Crippen molar-refractivity contribution in [2.75, 3.05) is 19.1 Å². The summed E-state index contributed by atoms with van der Waals surface area (Å²) in [6.45, 7) is 3.51. The van der Waals surface area contributed by atoms with E-state index in [0.29, 0.717) is 28.4 Å². The maximum absolute atomic E-state index is 13.2. The molecule has 1 aliphatic rings. The van der Waals surface area contributed by atoms with Crippen molar-refractivity contribution in [1.29, 1.82) is 0 Å². The maximum Gasteiger partial charge on any atom is 0.301 e. The fourth-order valence-electron chi connectivity index (χ4n) is 3.90. The summed E-state index contributed by atoms with van der Waals surface area (Å²) < 4.78 is 15.9. The van der Waals surface area contributed by atoms with Crippen molar-refractivity contribution in [2.24, 2.45) is 0 Å². The number of aliphatic hydroxyl groups is 1. The molecule has 0 radical (unpaired) electrons. The van der Waals surface area contributed by atoms with Gasteiger partial charge in [-0.2, -0.15) is 0 Å². The Kier molecular flexibility index (Phi) is 5.44. The average Bonchev–Trinajstić information content (AvgIpc) is 3.33. The van der Waals surface area contributed by atoms with E-state index < -0.39 is 17.7 Å². The first-order chi connectivity index (χ1) is 15.4. The van der Waals surface area contributed by atoms with Crippen LogP contribution in [0.3, 0.4) is 0 Å². The number of aromatic nitrogens is 1. The summed E-state index contributed by atoms with van der Waals surface area (Å²) in [5, 5.41) is 15.1. The molecule has 8 heteroatoms. The van der Waals surface area contributed by atoms with Gasteiger partial charge in [0.2, 0.25) is 0 Å². The Labute approximate surface area is 184 Å². The van der Waals surface area contributed by atoms with Crippen LogP contribution >= 0.6 is 0 Å². The number of aliphatic hydroxyl groups excluding tert-OH is 1. The van der Waals surface area contributed by atoms with Crippen LogP contribution in [0.15, 0.2) is 58.6 Å². The van der Waals surface area contributed by atoms with Gasteiger partial charge in [0.05, 0.1) is 19.8 Å². The first-order valence-electron chi connectivity index (χ1n) is 9.89. The summed E-state index contributed by atoms with van der Waals surface area (Å²) in [5.41, 5.74) is 1.62. The number of carbonyl (C=O) groups excluding carboxylic acids is 2. The van der Waals surface area contributed by atoms with Gasteiger partial charge in [0.1, 0.15) is 29.1 Å². The number of nitrogens with zero attached hydrogens (tertiary/aromatic N) is 2. The van der Waals surface area contributed by atoms with E-state index in [0.717, 1.165) is 5.56 Å². The van der Waals surface area contributed by atoms with E-state index in [4.69, 9.17) is 14.0 Å². The zero-order valence-corrected chi connectivity index (χ0v) is 18.1. The van der Waals surface area contributed by atoms with E-state index in [1.165, 1.54) is 12.0 Å². The molecule has 0 bridgehead atoms. The number of rotatable bonds is 5. The normalized spacial score (nSPS) is 17.6. The number of anilines is 1. The molecule has 4 rings (SSSR count). The van der Waals surface area contributed by atoms with E-state index in [1.807, 2.05) is 6.92 Å². The molecule has 1 N–H and O–H groups in total. The molecule has 1 aliphatic heterocycles. The highest BCUT2D eigenvalue weighted by atomic mass is 16.5. The summed E-state index contributed by atoms with van der Waals surface area (Å²) in [6.07, 6.45) is 0. The van der Waals surface area contributed by atoms with E-state index in [1.54, 1.807) is 62.6 Å². The van der Waals surface area contributed by atoms with E-state index in [-0.39, 0.29) is 17.2 Å². The summed E-state index contributed by atoms with van der Waals surface area (Å²) in [4.78, 5) is 27.5. The van der Waals surface area contributed by atoms with Gasteiger partial charge < -0.3 is 19.1 Å². The number of carbonyl (C=O) groups is 2. The van der Waals surface area contributed by atoms with Crippen LogP contribution in [0.1, 0.15) is 28.5 Å². The summed E-state index contributed by atoms with van der Waals surface area (Å²) in [7, 11) is 3.05. The van der Waals surface area contributed by atoms with Gasteiger partial charge in [-0.1, -0.05) is 23.4 Å². The fourth-order valence-corrected chi connectivity index (χ4v) is 3.90. The fraction of sp³-hybridized carbons (Fsp3) is 0.208. The SMILES string of the molecule is COc1ccc(/C(O)=C2/C(=O)C(=O)N(c3cc(C)on3)C2c2ccccc2OC)cc1C. The third kappa shape index (κ3) is 3.39. The van der Waals surface area contributed by atoms with E-state index in [9.17, 15) is 14.7 Å². The number of ether oxygens (including phenoxy) is 2. The van der Waals surface area contributed by atoms with Gasteiger partial charge in [0.15, 0.2) is 5.82 Å². The topological polar surface area (TPSA) is 102 Å². The highest BCUT2D eigenvalue weighted by Crippen LogP contribution is 2.44. The van der Waals surface area contributed by atoms with Crippen molar-refractivity contribution < 1.29 is 28.7 Å². The predicted octanol–water partition coefficient (Wildman–Crippen LogP) is 3.93. The van der Waals surface area contributed by atoms with Crippen LogP contribution in [-0.2, 0) is 9.59 Å². The lowest BCUT2D eigenvalue weighted by molar-refractivity contribution is -0.132. The van der Waals surface area contributed by atoms with Crippen molar-refractivity contribution in [2.45, 2.75) is 19.9 Å². The van der Waals surface area contributed by atoms with Crippen LogP contribution < -0.4 is 14.4 Å². The molecule has 3 aromatic rings. The monoisotopic (exact) mass is 434 g/mol. The molecule has 1 amide bonds. The van der Waals surface area contributed by atoms with Crippen LogP contribution in [0.4, 0.5) is 5.82 Å². The van der Waals surface area contributed by atoms with Gasteiger partial charge in [-0.05, 0) is 43.7 Å². The third-order valence-corrected chi connectivity index (χ3v) is 5.41. The van der Waals surface area contributed by atoms with E-state index >= 15 is 0 Å². The molecule has 8 nitrogen and oxygen atoms in total. The number of benzene rings is 2.